The molecule has 1 aliphatic heterocycles. The number of carbonyl (C=O) groups is 1. The number of nitrogens with one attached hydrogen (secondary N) is 1. The first-order valence-corrected chi connectivity index (χ1v) is 8.50. The summed E-state index contributed by atoms with van der Waals surface area (Å²) in [5, 5.41) is 3.51. The molecular formula is C19H20N2O2. The molecule has 3 unspecified atom stereocenters. The Bertz CT molecular complexity index is 777. The van der Waals surface area contributed by atoms with Gasteiger partial charge in [-0.3, -0.25) is 4.79 Å². The van der Waals surface area contributed by atoms with Crippen LogP contribution in [0, 0.1) is 5.92 Å². The van der Waals surface area contributed by atoms with Gasteiger partial charge in [0.1, 0.15) is 11.5 Å². The highest BCUT2D eigenvalue weighted by molar-refractivity contribution is 6.02. The van der Waals surface area contributed by atoms with E-state index in [0.717, 1.165) is 41.5 Å². The van der Waals surface area contributed by atoms with Crippen LogP contribution in [0.5, 0.6) is 0 Å². The van der Waals surface area contributed by atoms with Crippen LogP contribution in [0.15, 0.2) is 40.8 Å². The minimum atomic E-state index is -0.187. The highest BCUT2D eigenvalue weighted by atomic mass is 16.3. The molecule has 1 aromatic carbocycles. The Labute approximate surface area is 135 Å². The van der Waals surface area contributed by atoms with E-state index in [9.17, 15) is 4.79 Å². The van der Waals surface area contributed by atoms with Crippen molar-refractivity contribution >= 4 is 11.6 Å². The SMILES string of the molecule is CC1CC1c1ccc(C2Nc3ccccc3C(=O)N2C2CC2)o1. The molecule has 3 atom stereocenters. The van der Waals surface area contributed by atoms with Gasteiger partial charge in [0.2, 0.25) is 0 Å². The number of amides is 1. The van der Waals surface area contributed by atoms with E-state index in [1.807, 2.05) is 35.2 Å². The van der Waals surface area contributed by atoms with Crippen molar-refractivity contribution in [2.24, 2.45) is 5.92 Å². The van der Waals surface area contributed by atoms with E-state index in [1.54, 1.807) is 0 Å². The molecule has 1 amide bonds. The maximum absolute atomic E-state index is 12.9. The summed E-state index contributed by atoms with van der Waals surface area (Å²) in [5.41, 5.74) is 1.66. The molecule has 23 heavy (non-hydrogen) atoms. The van der Waals surface area contributed by atoms with Gasteiger partial charge in [0, 0.05) is 17.6 Å². The number of fused-ring (bicyclic) bond motifs is 1. The number of para-hydroxylation sites is 1. The molecule has 2 saturated carbocycles. The molecule has 0 radical (unpaired) electrons. The van der Waals surface area contributed by atoms with Crippen molar-refractivity contribution in [1.29, 1.82) is 0 Å². The van der Waals surface area contributed by atoms with E-state index in [-0.39, 0.29) is 12.1 Å². The largest absolute Gasteiger partial charge is 0.462 e. The third kappa shape index (κ3) is 2.08. The second-order valence-corrected chi connectivity index (χ2v) is 7.10. The summed E-state index contributed by atoms with van der Waals surface area (Å²) in [4.78, 5) is 14.9. The topological polar surface area (TPSA) is 45.5 Å². The van der Waals surface area contributed by atoms with Crippen LogP contribution in [-0.4, -0.2) is 16.8 Å². The Morgan fingerprint density at radius 3 is 2.61 bits per heavy atom. The Morgan fingerprint density at radius 1 is 1.13 bits per heavy atom. The van der Waals surface area contributed by atoms with Crippen molar-refractivity contribution in [3.8, 4) is 0 Å². The summed E-state index contributed by atoms with van der Waals surface area (Å²) in [6, 6.07) is 12.2. The average molecular weight is 308 g/mol. The summed E-state index contributed by atoms with van der Waals surface area (Å²) in [6.07, 6.45) is 3.19. The Hall–Kier alpha value is -2.23. The molecule has 1 aromatic heterocycles. The van der Waals surface area contributed by atoms with Crippen LogP contribution < -0.4 is 5.32 Å². The summed E-state index contributed by atoms with van der Waals surface area (Å²) >= 11 is 0. The predicted octanol–water partition coefficient (Wildman–Crippen LogP) is 4.13. The maximum atomic E-state index is 12.9. The number of benzene rings is 1. The second-order valence-electron chi connectivity index (χ2n) is 7.10. The van der Waals surface area contributed by atoms with E-state index in [4.69, 9.17) is 4.42 Å². The summed E-state index contributed by atoms with van der Waals surface area (Å²) in [5.74, 6) is 3.31. The van der Waals surface area contributed by atoms with Crippen LogP contribution in [-0.2, 0) is 0 Å². The van der Waals surface area contributed by atoms with Crippen LogP contribution in [0.3, 0.4) is 0 Å². The van der Waals surface area contributed by atoms with Gasteiger partial charge >= 0.3 is 0 Å². The fourth-order valence-electron chi connectivity index (χ4n) is 3.64. The summed E-state index contributed by atoms with van der Waals surface area (Å²) in [6.45, 7) is 2.25. The van der Waals surface area contributed by atoms with Crippen LogP contribution in [0.1, 0.15) is 60.1 Å². The molecule has 2 heterocycles. The number of carbonyl (C=O) groups excluding carboxylic acids is 1. The third-order valence-electron chi connectivity index (χ3n) is 5.29. The first-order valence-electron chi connectivity index (χ1n) is 8.50. The van der Waals surface area contributed by atoms with E-state index >= 15 is 0 Å². The normalized spacial score (nSPS) is 29.2. The average Bonchev–Trinajstić information content (AvgIpc) is 3.47. The quantitative estimate of drug-likeness (QED) is 0.927. The maximum Gasteiger partial charge on any atom is 0.258 e. The molecule has 2 fully saturated rings. The first kappa shape index (κ1) is 13.2. The van der Waals surface area contributed by atoms with Crippen molar-refractivity contribution < 1.29 is 9.21 Å². The number of rotatable bonds is 3. The number of nitrogens with zero attached hydrogens (tertiary/aromatic N) is 1. The van der Waals surface area contributed by atoms with Gasteiger partial charge in [-0.25, -0.2) is 0 Å². The monoisotopic (exact) mass is 308 g/mol. The van der Waals surface area contributed by atoms with Gasteiger partial charge in [0.25, 0.3) is 5.91 Å². The van der Waals surface area contributed by atoms with Crippen molar-refractivity contribution in [3.05, 3.63) is 53.5 Å². The highest BCUT2D eigenvalue weighted by Gasteiger charge is 2.44. The number of hydrogen-bond donors (Lipinski definition) is 1. The van der Waals surface area contributed by atoms with Gasteiger partial charge in [0.15, 0.2) is 6.17 Å². The van der Waals surface area contributed by atoms with Gasteiger partial charge < -0.3 is 14.6 Å². The molecule has 0 saturated heterocycles. The second kappa shape index (κ2) is 4.63. The Morgan fingerprint density at radius 2 is 1.87 bits per heavy atom. The van der Waals surface area contributed by atoms with Gasteiger partial charge in [-0.2, -0.15) is 0 Å². The first-order chi connectivity index (χ1) is 11.2. The van der Waals surface area contributed by atoms with Crippen molar-refractivity contribution in [3.63, 3.8) is 0 Å². The van der Waals surface area contributed by atoms with Crippen molar-refractivity contribution in [2.75, 3.05) is 5.32 Å². The van der Waals surface area contributed by atoms with Crippen LogP contribution in [0.2, 0.25) is 0 Å². The van der Waals surface area contributed by atoms with E-state index in [0.29, 0.717) is 12.0 Å². The standard InChI is InChI=1S/C19H20N2O2/c1-11-10-14(11)16-8-9-17(23-16)18-20-15-5-3-2-4-13(15)19(22)21(18)12-6-7-12/h2-5,8-9,11-12,14,18,20H,6-7,10H2,1H3. The number of hydrogen-bond acceptors (Lipinski definition) is 3. The Kier molecular flexibility index (Phi) is 2.67. The van der Waals surface area contributed by atoms with Gasteiger partial charge in [-0.1, -0.05) is 19.1 Å². The lowest BCUT2D eigenvalue weighted by molar-refractivity contribution is 0.0644. The molecule has 118 valence electrons. The molecule has 4 nitrogen and oxygen atoms in total. The number of furan rings is 1. The van der Waals surface area contributed by atoms with Crippen LogP contribution in [0.25, 0.3) is 0 Å². The molecule has 3 aliphatic rings. The lowest BCUT2D eigenvalue weighted by Crippen LogP contribution is -2.44. The summed E-state index contributed by atoms with van der Waals surface area (Å²) < 4.78 is 6.13. The lowest BCUT2D eigenvalue weighted by atomic mass is 10.1. The lowest BCUT2D eigenvalue weighted by Gasteiger charge is -2.37. The zero-order valence-electron chi connectivity index (χ0n) is 13.2. The molecule has 4 heteroatoms. The van der Waals surface area contributed by atoms with Gasteiger partial charge in [0.05, 0.1) is 5.56 Å². The molecule has 2 aliphatic carbocycles. The minimum Gasteiger partial charge on any atom is -0.462 e. The summed E-state index contributed by atoms with van der Waals surface area (Å²) in [7, 11) is 0. The van der Waals surface area contributed by atoms with Gasteiger partial charge in [-0.15, -0.1) is 0 Å². The zero-order chi connectivity index (χ0) is 15.6. The predicted molar refractivity (Wildman–Crippen MR) is 87.2 cm³/mol. The van der Waals surface area contributed by atoms with Crippen LogP contribution >= 0.6 is 0 Å². The molecule has 0 bridgehead atoms. The van der Waals surface area contributed by atoms with Gasteiger partial charge in [-0.05, 0) is 49.4 Å². The van der Waals surface area contributed by atoms with E-state index in [2.05, 4.69) is 18.3 Å². The van der Waals surface area contributed by atoms with Crippen molar-refractivity contribution in [2.45, 2.75) is 44.3 Å². The third-order valence-corrected chi connectivity index (χ3v) is 5.29. The smallest absolute Gasteiger partial charge is 0.258 e. The van der Waals surface area contributed by atoms with E-state index in [1.165, 1.54) is 6.42 Å². The van der Waals surface area contributed by atoms with Crippen molar-refractivity contribution in [1.82, 2.24) is 4.90 Å². The molecule has 0 spiro atoms. The minimum absolute atomic E-state index is 0.115. The molecule has 1 N–H and O–H groups in total. The molecule has 5 rings (SSSR count). The Balaban J connectivity index is 1.53. The fraction of sp³-hybridized carbons (Fsp3) is 0.421. The van der Waals surface area contributed by atoms with E-state index < -0.39 is 0 Å². The highest BCUT2D eigenvalue weighted by Crippen LogP contribution is 2.48. The zero-order valence-corrected chi connectivity index (χ0v) is 13.2. The fourth-order valence-corrected chi connectivity index (χ4v) is 3.64. The molecule has 2 aromatic rings. The molecular weight excluding hydrogens is 288 g/mol. The number of anilines is 1. The van der Waals surface area contributed by atoms with Crippen LogP contribution in [0.4, 0.5) is 5.69 Å².